The van der Waals surface area contributed by atoms with E-state index in [-0.39, 0.29) is 19.6 Å². The molecule has 1 heterocycles. The topological polar surface area (TPSA) is 178 Å². The Hall–Kier alpha value is -2.46. The van der Waals surface area contributed by atoms with E-state index in [2.05, 4.69) is 90.9 Å². The molecule has 0 bridgehead atoms. The molecule has 0 spiro atoms. The highest BCUT2D eigenvalue weighted by atomic mass is 32.3. The van der Waals surface area contributed by atoms with Crippen molar-refractivity contribution in [3.8, 4) is 0 Å². The molecule has 12 nitrogen and oxygen atoms in total. The fourth-order valence-electron chi connectivity index (χ4n) is 5.36. The van der Waals surface area contributed by atoms with Gasteiger partial charge in [-0.2, -0.15) is 8.42 Å². The molecule has 54 heavy (non-hydrogen) atoms. The van der Waals surface area contributed by atoms with Crippen molar-refractivity contribution in [2.75, 3.05) is 26.4 Å². The number of aliphatic hydroxyl groups is 3. The van der Waals surface area contributed by atoms with Gasteiger partial charge in [0.05, 0.1) is 19.8 Å². The van der Waals surface area contributed by atoms with Crippen molar-refractivity contribution in [2.45, 2.75) is 153 Å². The summed E-state index contributed by atoms with van der Waals surface area (Å²) in [5.41, 5.74) is 0. The third kappa shape index (κ3) is 26.4. The summed E-state index contributed by atoms with van der Waals surface area (Å²) in [5.74, 6) is -0.438. The van der Waals surface area contributed by atoms with Crippen LogP contribution in [0.5, 0.6) is 0 Å². The molecule has 0 amide bonds. The van der Waals surface area contributed by atoms with Gasteiger partial charge in [-0.05, 0) is 70.6 Å². The molecule has 0 aromatic heterocycles. The van der Waals surface area contributed by atoms with Crippen molar-refractivity contribution in [1.82, 2.24) is 0 Å². The lowest BCUT2D eigenvalue weighted by Gasteiger charge is -2.41. The van der Waals surface area contributed by atoms with E-state index in [9.17, 15) is 28.5 Å². The molecular weight excluding hydrogens is 717 g/mol. The summed E-state index contributed by atoms with van der Waals surface area (Å²) in [4.78, 5) is 12.8. The standard InChI is InChI=1S/C41H68O12S/c1-3-5-7-9-11-13-15-17-19-21-23-25-27-29-31-49-33-35(34-50-41-39(45)40(53-54(46,47)48)38(44)36(32-42)52-41)51-37(43)30-28-26-24-22-20-18-16-14-12-10-8-6-4-2/h5,7-8,10-11,13-14,16-17,19,23,25,35-36,38-42,44-45H,3-4,6,9,12,15,18,20-22,24,26-34H2,1-2H3,(H,46,47,48)/b7-5-,10-8-,13-11-,16-14-,19-17-,25-23-. The smallest absolute Gasteiger partial charge is 0.397 e. The van der Waals surface area contributed by atoms with Gasteiger partial charge in [0.25, 0.3) is 0 Å². The van der Waals surface area contributed by atoms with Gasteiger partial charge in [-0.25, -0.2) is 4.18 Å². The van der Waals surface area contributed by atoms with Gasteiger partial charge in [0.15, 0.2) is 6.29 Å². The highest BCUT2D eigenvalue weighted by Gasteiger charge is 2.48. The van der Waals surface area contributed by atoms with Gasteiger partial charge in [-0.1, -0.05) is 112 Å². The predicted molar refractivity (Wildman–Crippen MR) is 211 cm³/mol. The highest BCUT2D eigenvalue weighted by Crippen LogP contribution is 2.26. The van der Waals surface area contributed by atoms with Gasteiger partial charge in [0.2, 0.25) is 0 Å². The van der Waals surface area contributed by atoms with E-state index in [1.54, 1.807) is 0 Å². The first-order valence-electron chi connectivity index (χ1n) is 19.7. The number of ether oxygens (including phenoxy) is 4. The number of rotatable bonds is 32. The Kier molecular flexibility index (Phi) is 30.1. The Balaban J connectivity index is 2.56. The minimum atomic E-state index is -5.07. The molecule has 0 aliphatic carbocycles. The van der Waals surface area contributed by atoms with Crippen molar-refractivity contribution in [3.05, 3.63) is 72.9 Å². The normalized spacial score (nSPS) is 21.9. The third-order valence-electron chi connectivity index (χ3n) is 8.29. The molecule has 0 aromatic carbocycles. The quantitative estimate of drug-likeness (QED) is 0.0234. The number of hydrogen-bond acceptors (Lipinski definition) is 11. The molecule has 1 fully saturated rings. The fourth-order valence-corrected chi connectivity index (χ4v) is 5.87. The van der Waals surface area contributed by atoms with E-state index < -0.39 is 59.8 Å². The summed E-state index contributed by atoms with van der Waals surface area (Å²) in [5, 5.41) is 30.5. The summed E-state index contributed by atoms with van der Waals surface area (Å²) in [6.07, 6.45) is 31.0. The summed E-state index contributed by atoms with van der Waals surface area (Å²) in [6, 6.07) is 0. The van der Waals surface area contributed by atoms with Crippen molar-refractivity contribution in [3.63, 3.8) is 0 Å². The number of allylic oxidation sites excluding steroid dienone is 12. The number of aliphatic hydroxyl groups excluding tert-OH is 3. The molecule has 1 rings (SSSR count). The van der Waals surface area contributed by atoms with Crippen LogP contribution in [0.15, 0.2) is 72.9 Å². The molecule has 4 N–H and O–H groups in total. The first-order chi connectivity index (χ1) is 26.1. The first-order valence-corrected chi connectivity index (χ1v) is 21.1. The number of carbonyl (C=O) groups excluding carboxylic acids is 1. The second kappa shape index (κ2) is 32.8. The maximum atomic E-state index is 12.8. The zero-order valence-corrected chi connectivity index (χ0v) is 33.3. The molecule has 1 aliphatic rings. The van der Waals surface area contributed by atoms with E-state index in [1.165, 1.54) is 0 Å². The van der Waals surface area contributed by atoms with Crippen LogP contribution in [-0.4, -0.2) is 97.5 Å². The fraction of sp³-hybridized carbons (Fsp3) is 0.683. The zero-order valence-electron chi connectivity index (χ0n) is 32.5. The van der Waals surface area contributed by atoms with Gasteiger partial charge in [-0.3, -0.25) is 9.35 Å². The van der Waals surface area contributed by atoms with Crippen LogP contribution in [0, 0.1) is 0 Å². The van der Waals surface area contributed by atoms with Crippen LogP contribution in [0.2, 0.25) is 0 Å². The number of unbranched alkanes of at least 4 members (excludes halogenated alkanes) is 7. The third-order valence-corrected chi connectivity index (χ3v) is 8.76. The van der Waals surface area contributed by atoms with Crippen molar-refractivity contribution >= 4 is 16.4 Å². The molecule has 13 heteroatoms. The molecule has 0 saturated carbocycles. The lowest BCUT2D eigenvalue weighted by atomic mass is 9.99. The lowest BCUT2D eigenvalue weighted by Crippen LogP contribution is -2.60. The largest absolute Gasteiger partial charge is 0.457 e. The zero-order chi connectivity index (χ0) is 39.7. The number of hydrogen-bond donors (Lipinski definition) is 4. The van der Waals surface area contributed by atoms with Crippen LogP contribution in [0.25, 0.3) is 0 Å². The summed E-state index contributed by atoms with van der Waals surface area (Å²) in [6.45, 7) is 3.60. The van der Waals surface area contributed by atoms with Gasteiger partial charge >= 0.3 is 16.4 Å². The van der Waals surface area contributed by atoms with Gasteiger partial charge < -0.3 is 34.3 Å². The molecule has 6 unspecified atom stereocenters. The van der Waals surface area contributed by atoms with Crippen LogP contribution >= 0.6 is 0 Å². The average Bonchev–Trinajstić information content (AvgIpc) is 3.14. The molecule has 1 saturated heterocycles. The van der Waals surface area contributed by atoms with E-state index in [0.717, 1.165) is 89.9 Å². The molecule has 0 radical (unpaired) electrons. The Bertz CT molecular complexity index is 1230. The van der Waals surface area contributed by atoms with Crippen LogP contribution in [0.1, 0.15) is 117 Å². The average molecular weight is 785 g/mol. The SMILES string of the molecule is CC/C=C\C/C=C\C/C=C\C/C=C\CCCOCC(COC1OC(CO)C(O)C(OS(=O)(=O)O)C1O)OC(=O)CCCCCCC/C=C\C/C=C\CCC. The van der Waals surface area contributed by atoms with E-state index >= 15 is 0 Å². The van der Waals surface area contributed by atoms with Crippen molar-refractivity contribution in [2.24, 2.45) is 0 Å². The van der Waals surface area contributed by atoms with Crippen LogP contribution in [0.4, 0.5) is 0 Å². The highest BCUT2D eigenvalue weighted by molar-refractivity contribution is 7.80. The monoisotopic (exact) mass is 784 g/mol. The van der Waals surface area contributed by atoms with Crippen molar-refractivity contribution < 1.29 is 56.2 Å². The van der Waals surface area contributed by atoms with Gasteiger partial charge in [-0.15, -0.1) is 0 Å². The summed E-state index contributed by atoms with van der Waals surface area (Å²) >= 11 is 0. The lowest BCUT2D eigenvalue weighted by molar-refractivity contribution is -0.301. The van der Waals surface area contributed by atoms with Crippen LogP contribution in [-0.2, 0) is 38.3 Å². The van der Waals surface area contributed by atoms with Gasteiger partial charge in [0.1, 0.15) is 30.5 Å². The van der Waals surface area contributed by atoms with Crippen LogP contribution in [0.3, 0.4) is 0 Å². The molecular formula is C41H68O12S. The molecule has 310 valence electrons. The van der Waals surface area contributed by atoms with E-state index in [4.69, 9.17) is 23.5 Å². The van der Waals surface area contributed by atoms with E-state index in [1.807, 2.05) is 0 Å². The Morgan fingerprint density at radius 1 is 0.722 bits per heavy atom. The van der Waals surface area contributed by atoms with Gasteiger partial charge in [0, 0.05) is 13.0 Å². The van der Waals surface area contributed by atoms with Crippen LogP contribution < -0.4 is 0 Å². The minimum Gasteiger partial charge on any atom is -0.457 e. The molecule has 6 atom stereocenters. The predicted octanol–water partition coefficient (Wildman–Crippen LogP) is 7.18. The first kappa shape index (κ1) is 49.6. The van der Waals surface area contributed by atoms with E-state index in [0.29, 0.717) is 13.0 Å². The number of carbonyl (C=O) groups is 1. The minimum absolute atomic E-state index is 0.0122. The Labute approximate surface area is 324 Å². The Morgan fingerprint density at radius 2 is 1.28 bits per heavy atom. The Morgan fingerprint density at radius 3 is 1.87 bits per heavy atom. The van der Waals surface area contributed by atoms with Crippen molar-refractivity contribution in [1.29, 1.82) is 0 Å². The maximum absolute atomic E-state index is 12.8. The second-order valence-corrected chi connectivity index (χ2v) is 14.2. The molecule has 0 aromatic rings. The maximum Gasteiger partial charge on any atom is 0.397 e. The molecule has 1 aliphatic heterocycles. The summed E-state index contributed by atoms with van der Waals surface area (Å²) < 4.78 is 58.7. The second-order valence-electron chi connectivity index (χ2n) is 13.1. The summed E-state index contributed by atoms with van der Waals surface area (Å²) in [7, 11) is -5.07. The number of esters is 1.